The summed E-state index contributed by atoms with van der Waals surface area (Å²) >= 11 is 0. The van der Waals surface area contributed by atoms with E-state index in [1.54, 1.807) is 7.11 Å². The zero-order valence-corrected chi connectivity index (χ0v) is 11.3. The SMILES string of the molecule is COc1ccc(C2=C(C)[C@@H]3CC[C@@H](O3)[C@@H]2C)cc1. The van der Waals surface area contributed by atoms with Gasteiger partial charge in [-0.1, -0.05) is 19.1 Å². The standard InChI is InChI=1S/C16H20O2/c1-10-14-8-9-15(18-14)11(2)16(10)12-4-6-13(17-3)7-5-12/h4-7,10,14-15H,8-9H2,1-3H3/t10-,14+,15-/m0/s1. The molecule has 0 unspecified atom stereocenters. The molecule has 2 aliphatic rings. The predicted octanol–water partition coefficient (Wildman–Crippen LogP) is 3.67. The van der Waals surface area contributed by atoms with Crippen molar-refractivity contribution in [1.29, 1.82) is 0 Å². The average Bonchev–Trinajstić information content (AvgIpc) is 2.85. The van der Waals surface area contributed by atoms with Gasteiger partial charge in [0.2, 0.25) is 0 Å². The molecule has 3 atom stereocenters. The Labute approximate surface area is 109 Å². The van der Waals surface area contributed by atoms with Crippen LogP contribution in [0.3, 0.4) is 0 Å². The highest BCUT2D eigenvalue weighted by molar-refractivity contribution is 5.72. The molecular formula is C16H20O2. The van der Waals surface area contributed by atoms with Crippen molar-refractivity contribution in [3.05, 3.63) is 35.4 Å². The number of hydrogen-bond donors (Lipinski definition) is 0. The van der Waals surface area contributed by atoms with E-state index in [1.165, 1.54) is 29.6 Å². The molecule has 0 amide bonds. The Kier molecular flexibility index (Phi) is 2.90. The molecule has 1 aromatic rings. The van der Waals surface area contributed by atoms with E-state index in [2.05, 4.69) is 26.0 Å². The van der Waals surface area contributed by atoms with E-state index in [1.807, 2.05) is 12.1 Å². The Morgan fingerprint density at radius 1 is 1.17 bits per heavy atom. The van der Waals surface area contributed by atoms with Crippen molar-refractivity contribution in [1.82, 2.24) is 0 Å². The van der Waals surface area contributed by atoms with Crippen molar-refractivity contribution < 1.29 is 9.47 Å². The first-order valence-corrected chi connectivity index (χ1v) is 6.71. The first-order chi connectivity index (χ1) is 8.70. The summed E-state index contributed by atoms with van der Waals surface area (Å²) in [5.41, 5.74) is 4.22. The van der Waals surface area contributed by atoms with Crippen molar-refractivity contribution in [2.45, 2.75) is 38.9 Å². The molecule has 1 saturated heterocycles. The Hall–Kier alpha value is -1.28. The van der Waals surface area contributed by atoms with Gasteiger partial charge in [-0.15, -0.1) is 0 Å². The number of rotatable bonds is 2. The third-order valence-electron chi connectivity index (χ3n) is 4.37. The van der Waals surface area contributed by atoms with Crippen molar-refractivity contribution in [3.63, 3.8) is 0 Å². The minimum atomic E-state index is 0.350. The zero-order valence-electron chi connectivity index (χ0n) is 11.3. The lowest BCUT2D eigenvalue weighted by Gasteiger charge is -2.31. The maximum Gasteiger partial charge on any atom is 0.118 e. The highest BCUT2D eigenvalue weighted by atomic mass is 16.5. The molecule has 2 heterocycles. The molecule has 0 spiro atoms. The van der Waals surface area contributed by atoms with Gasteiger partial charge in [0.05, 0.1) is 19.3 Å². The third-order valence-corrected chi connectivity index (χ3v) is 4.37. The average molecular weight is 244 g/mol. The number of hydrogen-bond acceptors (Lipinski definition) is 2. The Bertz CT molecular complexity index is 472. The van der Waals surface area contributed by atoms with Crippen molar-refractivity contribution in [3.8, 4) is 5.75 Å². The van der Waals surface area contributed by atoms with Crippen LogP contribution in [0.25, 0.3) is 5.57 Å². The van der Waals surface area contributed by atoms with Gasteiger partial charge in [0, 0.05) is 5.92 Å². The molecular weight excluding hydrogens is 224 g/mol. The summed E-state index contributed by atoms with van der Waals surface area (Å²) in [6.45, 7) is 4.51. The number of ether oxygens (including phenoxy) is 2. The van der Waals surface area contributed by atoms with Crippen LogP contribution in [-0.4, -0.2) is 19.3 Å². The topological polar surface area (TPSA) is 18.5 Å². The van der Waals surface area contributed by atoms with E-state index in [4.69, 9.17) is 9.47 Å². The van der Waals surface area contributed by atoms with Crippen molar-refractivity contribution in [2.75, 3.05) is 7.11 Å². The van der Waals surface area contributed by atoms with E-state index >= 15 is 0 Å². The van der Waals surface area contributed by atoms with Gasteiger partial charge < -0.3 is 9.47 Å². The summed E-state index contributed by atoms with van der Waals surface area (Å²) in [5, 5.41) is 0. The van der Waals surface area contributed by atoms with E-state index in [9.17, 15) is 0 Å². The first kappa shape index (κ1) is 11.8. The molecule has 18 heavy (non-hydrogen) atoms. The van der Waals surface area contributed by atoms with Crippen LogP contribution in [0.4, 0.5) is 0 Å². The highest BCUT2D eigenvalue weighted by Gasteiger charge is 2.38. The van der Waals surface area contributed by atoms with E-state index in [-0.39, 0.29) is 0 Å². The third kappa shape index (κ3) is 1.76. The van der Waals surface area contributed by atoms with Gasteiger partial charge in [0.15, 0.2) is 0 Å². The fourth-order valence-corrected chi connectivity index (χ4v) is 3.33. The van der Waals surface area contributed by atoms with Crippen molar-refractivity contribution in [2.24, 2.45) is 5.92 Å². The van der Waals surface area contributed by atoms with Crippen LogP contribution in [0, 0.1) is 5.92 Å². The summed E-state index contributed by atoms with van der Waals surface area (Å²) < 4.78 is 11.3. The Morgan fingerprint density at radius 2 is 1.89 bits per heavy atom. The van der Waals surface area contributed by atoms with Crippen LogP contribution in [0.2, 0.25) is 0 Å². The summed E-state index contributed by atoms with van der Waals surface area (Å²) in [7, 11) is 1.71. The van der Waals surface area contributed by atoms with E-state index < -0.39 is 0 Å². The molecule has 0 radical (unpaired) electrons. The summed E-state index contributed by atoms with van der Waals surface area (Å²) in [6, 6.07) is 8.41. The summed E-state index contributed by atoms with van der Waals surface area (Å²) in [6.07, 6.45) is 3.14. The lowest BCUT2D eigenvalue weighted by molar-refractivity contribution is 0.0355. The molecule has 2 nitrogen and oxygen atoms in total. The van der Waals surface area contributed by atoms with Crippen LogP contribution < -0.4 is 4.74 Å². The fourth-order valence-electron chi connectivity index (χ4n) is 3.33. The maximum atomic E-state index is 6.04. The minimum absolute atomic E-state index is 0.350. The molecule has 2 heteroatoms. The quantitative estimate of drug-likeness (QED) is 0.790. The second-order valence-electron chi connectivity index (χ2n) is 5.35. The second-order valence-corrected chi connectivity index (χ2v) is 5.35. The van der Waals surface area contributed by atoms with Crippen molar-refractivity contribution >= 4 is 5.57 Å². The van der Waals surface area contributed by atoms with Crippen LogP contribution in [0.15, 0.2) is 29.8 Å². The van der Waals surface area contributed by atoms with Crippen LogP contribution in [0.5, 0.6) is 5.75 Å². The monoisotopic (exact) mass is 244 g/mol. The van der Waals surface area contributed by atoms with Gasteiger partial charge in [-0.2, -0.15) is 0 Å². The lowest BCUT2D eigenvalue weighted by atomic mass is 9.85. The largest absolute Gasteiger partial charge is 0.497 e. The number of benzene rings is 1. The molecule has 0 aromatic heterocycles. The molecule has 96 valence electrons. The molecule has 0 N–H and O–H groups in total. The number of methoxy groups -OCH3 is 1. The predicted molar refractivity (Wildman–Crippen MR) is 72.6 cm³/mol. The van der Waals surface area contributed by atoms with Crippen LogP contribution >= 0.6 is 0 Å². The van der Waals surface area contributed by atoms with Gasteiger partial charge >= 0.3 is 0 Å². The molecule has 1 fully saturated rings. The minimum Gasteiger partial charge on any atom is -0.497 e. The molecule has 0 saturated carbocycles. The Morgan fingerprint density at radius 3 is 2.56 bits per heavy atom. The Balaban J connectivity index is 2.00. The normalized spacial score (nSPS) is 30.7. The molecule has 0 aliphatic carbocycles. The van der Waals surface area contributed by atoms with Crippen LogP contribution in [0.1, 0.15) is 32.3 Å². The van der Waals surface area contributed by atoms with Crippen LogP contribution in [-0.2, 0) is 4.74 Å². The molecule has 1 aromatic carbocycles. The molecule has 3 rings (SSSR count). The smallest absolute Gasteiger partial charge is 0.118 e. The fraction of sp³-hybridized carbons (Fsp3) is 0.500. The number of fused-ring (bicyclic) bond motifs is 2. The zero-order chi connectivity index (χ0) is 12.7. The molecule has 2 aliphatic heterocycles. The maximum absolute atomic E-state index is 6.04. The highest BCUT2D eigenvalue weighted by Crippen LogP contribution is 2.44. The van der Waals surface area contributed by atoms with Gasteiger partial charge in [-0.25, -0.2) is 0 Å². The first-order valence-electron chi connectivity index (χ1n) is 6.71. The summed E-state index contributed by atoms with van der Waals surface area (Å²) in [4.78, 5) is 0. The van der Waals surface area contributed by atoms with Gasteiger partial charge in [0.1, 0.15) is 5.75 Å². The van der Waals surface area contributed by atoms with E-state index in [0.29, 0.717) is 18.1 Å². The molecule has 2 bridgehead atoms. The van der Waals surface area contributed by atoms with Gasteiger partial charge in [0.25, 0.3) is 0 Å². The lowest BCUT2D eigenvalue weighted by Crippen LogP contribution is -2.27. The second kappa shape index (κ2) is 4.43. The summed E-state index contributed by atoms with van der Waals surface area (Å²) in [5.74, 6) is 1.41. The van der Waals surface area contributed by atoms with E-state index in [0.717, 1.165) is 5.75 Å². The van der Waals surface area contributed by atoms with Gasteiger partial charge in [-0.3, -0.25) is 0 Å². The van der Waals surface area contributed by atoms with Gasteiger partial charge in [-0.05, 0) is 48.6 Å².